The van der Waals surface area contributed by atoms with Crippen molar-refractivity contribution in [2.24, 2.45) is 7.05 Å². The third kappa shape index (κ3) is 2.29. The molecule has 0 spiro atoms. The fraction of sp³-hybridized carbons (Fsp3) is 0.667. The van der Waals surface area contributed by atoms with Gasteiger partial charge in [0.1, 0.15) is 5.69 Å². The number of hydrogen-bond donors (Lipinski definition) is 1. The lowest BCUT2D eigenvalue weighted by Gasteiger charge is -2.37. The summed E-state index contributed by atoms with van der Waals surface area (Å²) in [5, 5.41) is 3.64. The first-order valence-electron chi connectivity index (χ1n) is 7.37. The van der Waals surface area contributed by atoms with E-state index in [4.69, 9.17) is 0 Å². The van der Waals surface area contributed by atoms with Crippen molar-refractivity contribution in [3.63, 3.8) is 0 Å². The predicted octanol–water partition coefficient (Wildman–Crippen LogP) is 1.77. The Labute approximate surface area is 114 Å². The second-order valence-corrected chi connectivity index (χ2v) is 5.86. The fourth-order valence-corrected chi connectivity index (χ4v) is 3.68. The second-order valence-electron chi connectivity index (χ2n) is 5.86. The maximum absolute atomic E-state index is 12.7. The predicted molar refractivity (Wildman–Crippen MR) is 75.1 cm³/mol. The molecule has 4 nitrogen and oxygen atoms in total. The van der Waals surface area contributed by atoms with Crippen molar-refractivity contribution in [1.82, 2.24) is 14.8 Å². The van der Waals surface area contributed by atoms with E-state index in [0.717, 1.165) is 25.1 Å². The first-order chi connectivity index (χ1) is 9.19. The molecule has 2 unspecified atom stereocenters. The molecule has 1 aromatic rings. The molecule has 0 aliphatic carbocycles. The number of aromatic nitrogens is 1. The van der Waals surface area contributed by atoms with E-state index in [1.54, 1.807) is 0 Å². The number of hydrogen-bond acceptors (Lipinski definition) is 2. The Balaban J connectivity index is 1.77. The average molecular weight is 261 g/mol. The normalized spacial score (nSPS) is 29.5. The van der Waals surface area contributed by atoms with Crippen molar-refractivity contribution < 1.29 is 4.79 Å². The summed E-state index contributed by atoms with van der Waals surface area (Å²) in [5.74, 6) is 0.182. The third-order valence-electron chi connectivity index (χ3n) is 4.65. The number of nitrogens with one attached hydrogen (secondary N) is 1. The van der Waals surface area contributed by atoms with E-state index in [-0.39, 0.29) is 5.91 Å². The molecular weight excluding hydrogens is 238 g/mol. The molecule has 0 radical (unpaired) electrons. The number of carbonyl (C=O) groups is 1. The topological polar surface area (TPSA) is 37.3 Å². The van der Waals surface area contributed by atoms with Gasteiger partial charge in [0.15, 0.2) is 0 Å². The number of aryl methyl sites for hydroxylation is 1. The van der Waals surface area contributed by atoms with Gasteiger partial charge in [-0.1, -0.05) is 0 Å². The van der Waals surface area contributed by atoms with Gasteiger partial charge >= 0.3 is 0 Å². The number of amides is 1. The van der Waals surface area contributed by atoms with Crippen molar-refractivity contribution in [3.05, 3.63) is 24.0 Å². The molecule has 2 saturated heterocycles. The molecule has 19 heavy (non-hydrogen) atoms. The number of rotatable bonds is 3. The van der Waals surface area contributed by atoms with Crippen LogP contribution in [0.1, 0.15) is 43.1 Å². The van der Waals surface area contributed by atoms with Crippen molar-refractivity contribution in [3.8, 4) is 0 Å². The summed E-state index contributed by atoms with van der Waals surface area (Å²) in [7, 11) is 1.94. The molecule has 2 fully saturated rings. The zero-order chi connectivity index (χ0) is 13.4. The molecule has 3 heterocycles. The smallest absolute Gasteiger partial charge is 0.270 e. The maximum Gasteiger partial charge on any atom is 0.270 e. The Bertz CT molecular complexity index is 456. The fourth-order valence-electron chi connectivity index (χ4n) is 3.68. The number of fused-ring (bicyclic) bond motifs is 2. The van der Waals surface area contributed by atoms with E-state index in [9.17, 15) is 4.79 Å². The summed E-state index contributed by atoms with van der Waals surface area (Å²) in [6.45, 7) is 2.89. The van der Waals surface area contributed by atoms with Gasteiger partial charge in [-0.25, -0.2) is 0 Å². The molecule has 1 aromatic heterocycles. The molecule has 0 aromatic carbocycles. The minimum atomic E-state index is 0.182. The van der Waals surface area contributed by atoms with Gasteiger partial charge in [-0.2, -0.15) is 0 Å². The minimum Gasteiger partial charge on any atom is -0.347 e. The van der Waals surface area contributed by atoms with E-state index in [2.05, 4.69) is 17.1 Å². The maximum atomic E-state index is 12.7. The van der Waals surface area contributed by atoms with E-state index in [0.29, 0.717) is 18.1 Å². The van der Waals surface area contributed by atoms with Crippen molar-refractivity contribution in [2.75, 3.05) is 6.54 Å². The van der Waals surface area contributed by atoms with Crippen LogP contribution in [0.3, 0.4) is 0 Å². The van der Waals surface area contributed by atoms with Gasteiger partial charge < -0.3 is 14.8 Å². The highest BCUT2D eigenvalue weighted by Gasteiger charge is 2.37. The van der Waals surface area contributed by atoms with E-state index in [1.165, 1.54) is 12.8 Å². The van der Waals surface area contributed by atoms with Gasteiger partial charge in [0, 0.05) is 37.9 Å². The summed E-state index contributed by atoms with van der Waals surface area (Å²) in [4.78, 5) is 14.7. The number of carbonyl (C=O) groups excluding carboxylic acids is 1. The van der Waals surface area contributed by atoms with E-state index < -0.39 is 0 Å². The third-order valence-corrected chi connectivity index (χ3v) is 4.65. The molecule has 2 aliphatic rings. The molecule has 2 atom stereocenters. The SMILES string of the molecule is CCN(C(=O)c1cccn1C)C1CC2CCC(C1)N2. The van der Waals surface area contributed by atoms with E-state index in [1.807, 2.05) is 29.9 Å². The van der Waals surface area contributed by atoms with Gasteiger partial charge in [-0.05, 0) is 44.7 Å². The first kappa shape index (κ1) is 12.7. The summed E-state index contributed by atoms with van der Waals surface area (Å²) < 4.78 is 1.92. The van der Waals surface area contributed by atoms with Crippen LogP contribution < -0.4 is 5.32 Å². The lowest BCUT2D eigenvalue weighted by atomic mass is 9.98. The minimum absolute atomic E-state index is 0.182. The van der Waals surface area contributed by atoms with Crippen molar-refractivity contribution >= 4 is 5.91 Å². The summed E-state index contributed by atoms with van der Waals surface area (Å²) >= 11 is 0. The molecule has 3 rings (SSSR count). The Morgan fingerprint density at radius 3 is 2.63 bits per heavy atom. The van der Waals surface area contributed by atoms with Crippen LogP contribution in [0.4, 0.5) is 0 Å². The van der Waals surface area contributed by atoms with Crippen LogP contribution >= 0.6 is 0 Å². The van der Waals surface area contributed by atoms with Crippen LogP contribution in [0.15, 0.2) is 18.3 Å². The molecule has 2 bridgehead atoms. The Kier molecular flexibility index (Phi) is 3.35. The lowest BCUT2D eigenvalue weighted by Crippen LogP contribution is -2.50. The Morgan fingerprint density at radius 2 is 2.11 bits per heavy atom. The van der Waals surface area contributed by atoms with Crippen LogP contribution in [0.25, 0.3) is 0 Å². The standard InChI is InChI=1S/C15H23N3O/c1-3-18(15(19)14-5-4-8-17(14)2)13-9-11-6-7-12(10-13)16-11/h4-5,8,11-13,16H,3,6-7,9-10H2,1-2H3. The highest BCUT2D eigenvalue weighted by Crippen LogP contribution is 2.30. The van der Waals surface area contributed by atoms with Crippen LogP contribution in [0, 0.1) is 0 Å². The van der Waals surface area contributed by atoms with Gasteiger partial charge in [0.2, 0.25) is 0 Å². The molecular formula is C15H23N3O. The average Bonchev–Trinajstić information content (AvgIpc) is 2.96. The number of piperidine rings is 1. The highest BCUT2D eigenvalue weighted by molar-refractivity contribution is 5.93. The van der Waals surface area contributed by atoms with E-state index >= 15 is 0 Å². The van der Waals surface area contributed by atoms with Crippen molar-refractivity contribution in [2.45, 2.75) is 50.7 Å². The molecule has 0 saturated carbocycles. The van der Waals surface area contributed by atoms with Gasteiger partial charge in [0.25, 0.3) is 5.91 Å². The van der Waals surface area contributed by atoms with Gasteiger partial charge in [0.05, 0.1) is 0 Å². The monoisotopic (exact) mass is 261 g/mol. The quantitative estimate of drug-likeness (QED) is 0.900. The first-order valence-corrected chi connectivity index (χ1v) is 7.37. The lowest BCUT2D eigenvalue weighted by molar-refractivity contribution is 0.0621. The highest BCUT2D eigenvalue weighted by atomic mass is 16.2. The van der Waals surface area contributed by atoms with Crippen LogP contribution in [0.5, 0.6) is 0 Å². The van der Waals surface area contributed by atoms with Crippen LogP contribution in [-0.4, -0.2) is 40.0 Å². The van der Waals surface area contributed by atoms with Gasteiger partial charge in [-0.15, -0.1) is 0 Å². The summed E-state index contributed by atoms with van der Waals surface area (Å²) in [5.41, 5.74) is 0.799. The van der Waals surface area contributed by atoms with Crippen LogP contribution in [0.2, 0.25) is 0 Å². The molecule has 104 valence electrons. The zero-order valence-electron chi connectivity index (χ0n) is 11.8. The van der Waals surface area contributed by atoms with Crippen LogP contribution in [-0.2, 0) is 7.05 Å². The molecule has 4 heteroatoms. The Morgan fingerprint density at radius 1 is 1.42 bits per heavy atom. The van der Waals surface area contributed by atoms with Gasteiger partial charge in [-0.3, -0.25) is 4.79 Å². The Hall–Kier alpha value is -1.29. The molecule has 1 amide bonds. The largest absolute Gasteiger partial charge is 0.347 e. The van der Waals surface area contributed by atoms with Crippen molar-refractivity contribution in [1.29, 1.82) is 0 Å². The summed E-state index contributed by atoms with van der Waals surface area (Å²) in [6, 6.07) is 5.51. The molecule has 1 N–H and O–H groups in total. The number of nitrogens with zero attached hydrogens (tertiary/aromatic N) is 2. The second kappa shape index (κ2) is 5.00. The summed E-state index contributed by atoms with van der Waals surface area (Å²) in [6.07, 6.45) is 6.71. The molecule has 2 aliphatic heterocycles. The zero-order valence-corrected chi connectivity index (χ0v) is 11.8.